The Kier molecular flexibility index (Phi) is 5.69. The third-order valence-corrected chi connectivity index (χ3v) is 6.05. The largest absolute Gasteiger partial charge is 0.314 e. The monoisotopic (exact) mass is 426 g/mol. The van der Waals surface area contributed by atoms with Gasteiger partial charge in [-0.2, -0.15) is 5.26 Å². The minimum Gasteiger partial charge on any atom is -0.305 e. The first-order chi connectivity index (χ1) is 15.4. The van der Waals surface area contributed by atoms with Gasteiger partial charge in [0.15, 0.2) is 0 Å². The van der Waals surface area contributed by atoms with Crippen LogP contribution in [-0.4, -0.2) is 15.8 Å². The van der Waals surface area contributed by atoms with Gasteiger partial charge in [0.05, 0.1) is 16.6 Å². The van der Waals surface area contributed by atoms with Crippen LogP contribution in [0.1, 0.15) is 28.7 Å². The Bertz CT molecular complexity index is 1250. The second kappa shape index (κ2) is 8.60. The maximum absolute atomic E-state index is 12.7. The van der Waals surface area contributed by atoms with Crippen LogP contribution < -0.4 is 5.32 Å². The van der Waals surface area contributed by atoms with Crippen molar-refractivity contribution in [1.29, 1.82) is 5.26 Å². The molecule has 0 bridgehead atoms. The summed E-state index contributed by atoms with van der Waals surface area (Å²) in [6, 6.07) is 17.7. The molecule has 3 aromatic rings. The Morgan fingerprint density at radius 2 is 1.94 bits per heavy atom. The fraction of sp³-hybridized carbons (Fsp3) is 0.240. The maximum atomic E-state index is 12.7. The van der Waals surface area contributed by atoms with Gasteiger partial charge in [0.25, 0.3) is 0 Å². The average Bonchev–Trinajstić information content (AvgIpc) is 3.56. The summed E-state index contributed by atoms with van der Waals surface area (Å²) < 4.78 is 0. The molecule has 7 nitrogen and oxygen atoms in total. The molecule has 1 N–H and O–H groups in total. The quantitative estimate of drug-likeness (QED) is 0.442. The number of nitro groups is 1. The second-order valence-electron chi connectivity index (χ2n) is 8.17. The number of amides is 1. The number of benzene rings is 2. The van der Waals surface area contributed by atoms with Gasteiger partial charge in [0.1, 0.15) is 0 Å². The lowest BCUT2D eigenvalue weighted by Gasteiger charge is -2.09. The van der Waals surface area contributed by atoms with Crippen LogP contribution in [0.25, 0.3) is 11.1 Å². The van der Waals surface area contributed by atoms with E-state index in [1.54, 1.807) is 19.9 Å². The standard InChI is InChI=1S/C25H22N4O3/c1-15-14-27-24(23(16(15)2)29(31)32)28-25(30)22-12-20(22)11-17-7-9-18(10-8-17)21-6-4-3-5-19(21)13-26/h3-10,14,20,22H,11-12H2,1-2H3,(H,27,28,30). The number of rotatable bonds is 6. The van der Waals surface area contributed by atoms with Gasteiger partial charge in [0.2, 0.25) is 11.7 Å². The van der Waals surface area contributed by atoms with Crippen molar-refractivity contribution in [2.75, 3.05) is 5.32 Å². The topological polar surface area (TPSA) is 109 Å². The number of aromatic nitrogens is 1. The molecule has 0 spiro atoms. The summed E-state index contributed by atoms with van der Waals surface area (Å²) in [5.41, 5.74) is 4.68. The molecule has 7 heteroatoms. The molecule has 1 aliphatic rings. The van der Waals surface area contributed by atoms with E-state index in [0.717, 1.165) is 29.5 Å². The predicted molar refractivity (Wildman–Crippen MR) is 121 cm³/mol. The molecule has 1 heterocycles. The Balaban J connectivity index is 1.41. The number of aryl methyl sites for hydroxylation is 1. The Labute approximate surface area is 185 Å². The van der Waals surface area contributed by atoms with Crippen LogP contribution in [0.5, 0.6) is 0 Å². The molecule has 0 saturated heterocycles. The molecule has 1 saturated carbocycles. The Morgan fingerprint density at radius 1 is 1.22 bits per heavy atom. The first kappa shape index (κ1) is 21.2. The van der Waals surface area contributed by atoms with Gasteiger partial charge < -0.3 is 5.32 Å². The highest BCUT2D eigenvalue weighted by molar-refractivity contribution is 5.95. The molecule has 1 fully saturated rings. The van der Waals surface area contributed by atoms with E-state index in [1.807, 2.05) is 42.5 Å². The van der Waals surface area contributed by atoms with Gasteiger partial charge in [0, 0.05) is 17.7 Å². The van der Waals surface area contributed by atoms with E-state index in [9.17, 15) is 20.2 Å². The fourth-order valence-corrected chi connectivity index (χ4v) is 3.96. The Morgan fingerprint density at radius 3 is 2.62 bits per heavy atom. The molecule has 1 aromatic heterocycles. The normalized spacial score (nSPS) is 16.8. The minimum atomic E-state index is -0.499. The number of nitriles is 1. The summed E-state index contributed by atoms with van der Waals surface area (Å²) >= 11 is 0. The van der Waals surface area contributed by atoms with Gasteiger partial charge in [-0.25, -0.2) is 4.98 Å². The van der Waals surface area contributed by atoms with E-state index < -0.39 is 4.92 Å². The molecule has 0 radical (unpaired) electrons. The number of nitrogens with one attached hydrogen (secondary N) is 1. The zero-order valence-electron chi connectivity index (χ0n) is 17.8. The molecule has 4 rings (SSSR count). The fourth-order valence-electron chi connectivity index (χ4n) is 3.96. The molecular weight excluding hydrogens is 404 g/mol. The molecule has 1 aliphatic carbocycles. The lowest BCUT2D eigenvalue weighted by Crippen LogP contribution is -2.17. The van der Waals surface area contributed by atoms with Crippen molar-refractivity contribution in [2.24, 2.45) is 11.8 Å². The molecule has 160 valence electrons. The average molecular weight is 426 g/mol. The SMILES string of the molecule is Cc1cnc(NC(=O)C2CC2Cc2ccc(-c3ccccc3C#N)cc2)c([N+](=O)[O-])c1C. The highest BCUT2D eigenvalue weighted by atomic mass is 16.6. The van der Waals surface area contributed by atoms with E-state index in [1.165, 1.54) is 6.20 Å². The third kappa shape index (κ3) is 4.21. The minimum absolute atomic E-state index is 0.00858. The van der Waals surface area contributed by atoms with Gasteiger partial charge >= 0.3 is 5.69 Å². The van der Waals surface area contributed by atoms with E-state index >= 15 is 0 Å². The van der Waals surface area contributed by atoms with Crippen LogP contribution in [0.15, 0.2) is 54.7 Å². The van der Waals surface area contributed by atoms with Crippen LogP contribution in [0.3, 0.4) is 0 Å². The highest BCUT2D eigenvalue weighted by Gasteiger charge is 2.43. The van der Waals surface area contributed by atoms with Crippen molar-refractivity contribution in [2.45, 2.75) is 26.7 Å². The van der Waals surface area contributed by atoms with Gasteiger partial charge in [-0.15, -0.1) is 0 Å². The number of carbonyl (C=O) groups excluding carboxylic acids is 1. The maximum Gasteiger partial charge on any atom is 0.314 e. The van der Waals surface area contributed by atoms with Crippen LogP contribution in [0, 0.1) is 47.1 Å². The predicted octanol–water partition coefficient (Wildman–Crippen LogP) is 4.96. The van der Waals surface area contributed by atoms with Crippen molar-refractivity contribution < 1.29 is 9.72 Å². The lowest BCUT2D eigenvalue weighted by atomic mass is 9.98. The number of hydrogen-bond acceptors (Lipinski definition) is 5. The number of pyridine rings is 1. The van der Waals surface area contributed by atoms with Crippen LogP contribution in [0.2, 0.25) is 0 Å². The molecule has 1 amide bonds. The molecule has 32 heavy (non-hydrogen) atoms. The first-order valence-electron chi connectivity index (χ1n) is 10.4. The highest BCUT2D eigenvalue weighted by Crippen LogP contribution is 2.42. The van der Waals surface area contributed by atoms with Crippen molar-refractivity contribution in [3.05, 3.63) is 87.1 Å². The number of carbonyl (C=O) groups is 1. The molecule has 0 aliphatic heterocycles. The summed E-state index contributed by atoms with van der Waals surface area (Å²) in [6.07, 6.45) is 3.03. The zero-order chi connectivity index (χ0) is 22.8. The van der Waals surface area contributed by atoms with E-state index in [4.69, 9.17) is 0 Å². The van der Waals surface area contributed by atoms with Crippen LogP contribution in [-0.2, 0) is 11.2 Å². The van der Waals surface area contributed by atoms with Gasteiger partial charge in [-0.05, 0) is 60.9 Å². The first-order valence-corrected chi connectivity index (χ1v) is 10.4. The summed E-state index contributed by atoms with van der Waals surface area (Å²) in [6.45, 7) is 3.41. The summed E-state index contributed by atoms with van der Waals surface area (Å²) in [4.78, 5) is 27.7. The molecular formula is C25H22N4O3. The Hall–Kier alpha value is -4.05. The van der Waals surface area contributed by atoms with Crippen LogP contribution >= 0.6 is 0 Å². The van der Waals surface area contributed by atoms with E-state index in [2.05, 4.69) is 16.4 Å². The van der Waals surface area contributed by atoms with E-state index in [-0.39, 0.29) is 29.2 Å². The number of nitrogens with zero attached hydrogens (tertiary/aromatic N) is 3. The van der Waals surface area contributed by atoms with Crippen molar-refractivity contribution in [1.82, 2.24) is 4.98 Å². The molecule has 2 aromatic carbocycles. The smallest absolute Gasteiger partial charge is 0.305 e. The zero-order valence-corrected chi connectivity index (χ0v) is 17.8. The summed E-state index contributed by atoms with van der Waals surface area (Å²) in [5.74, 6) is -0.211. The molecule has 2 atom stereocenters. The summed E-state index contributed by atoms with van der Waals surface area (Å²) in [7, 11) is 0. The van der Waals surface area contributed by atoms with Crippen molar-refractivity contribution in [3.63, 3.8) is 0 Å². The number of hydrogen-bond donors (Lipinski definition) is 1. The van der Waals surface area contributed by atoms with E-state index in [0.29, 0.717) is 16.7 Å². The number of anilines is 1. The van der Waals surface area contributed by atoms with Crippen molar-refractivity contribution in [3.8, 4) is 17.2 Å². The molecule has 2 unspecified atom stereocenters. The van der Waals surface area contributed by atoms with Crippen molar-refractivity contribution >= 4 is 17.4 Å². The third-order valence-electron chi connectivity index (χ3n) is 6.05. The van der Waals surface area contributed by atoms with Gasteiger partial charge in [-0.1, -0.05) is 42.5 Å². The summed E-state index contributed by atoms with van der Waals surface area (Å²) in [5, 5.41) is 23.4. The van der Waals surface area contributed by atoms with Crippen LogP contribution in [0.4, 0.5) is 11.5 Å². The second-order valence-corrected chi connectivity index (χ2v) is 8.17. The van der Waals surface area contributed by atoms with Gasteiger partial charge in [-0.3, -0.25) is 14.9 Å². The lowest BCUT2D eigenvalue weighted by molar-refractivity contribution is -0.384.